The molecule has 0 unspecified atom stereocenters. The highest BCUT2D eigenvalue weighted by Crippen LogP contribution is 2.05. The summed E-state index contributed by atoms with van der Waals surface area (Å²) in [6.45, 7) is 9.78. The Morgan fingerprint density at radius 2 is 2.20 bits per heavy atom. The number of nitrogens with zero attached hydrogens (tertiary/aromatic N) is 2. The van der Waals surface area contributed by atoms with Gasteiger partial charge < -0.3 is 19.9 Å². The molecule has 0 saturated heterocycles. The maximum atomic E-state index is 5.30. The van der Waals surface area contributed by atoms with Crippen LogP contribution in [0, 0.1) is 0 Å². The van der Waals surface area contributed by atoms with Crippen LogP contribution in [0.1, 0.15) is 38.6 Å². The molecule has 0 radical (unpaired) electrons. The molecule has 0 bridgehead atoms. The minimum absolute atomic E-state index is 0.494. The van der Waals surface area contributed by atoms with E-state index in [1.165, 1.54) is 0 Å². The maximum absolute atomic E-state index is 5.30. The lowest BCUT2D eigenvalue weighted by Crippen LogP contribution is -2.38. The van der Waals surface area contributed by atoms with Crippen molar-refractivity contribution in [3.8, 4) is 0 Å². The van der Waals surface area contributed by atoms with Crippen LogP contribution in [-0.4, -0.2) is 37.4 Å². The summed E-state index contributed by atoms with van der Waals surface area (Å²) in [6, 6.07) is 1.95. The predicted molar refractivity (Wildman–Crippen MR) is 79.8 cm³/mol. The van der Waals surface area contributed by atoms with Crippen LogP contribution < -0.4 is 10.6 Å². The summed E-state index contributed by atoms with van der Waals surface area (Å²) < 4.78 is 10.5. The Labute approximate surface area is 121 Å². The second kappa shape index (κ2) is 10.3. The largest absolute Gasteiger partial charge is 0.382 e. The number of aliphatic imine (C=N–C) groups is 1. The molecule has 6 nitrogen and oxygen atoms in total. The van der Waals surface area contributed by atoms with Gasteiger partial charge in [-0.05, 0) is 26.7 Å². The van der Waals surface area contributed by atoms with Gasteiger partial charge in [0.15, 0.2) is 11.7 Å². The highest BCUT2D eigenvalue weighted by Gasteiger charge is 2.02. The zero-order valence-electron chi connectivity index (χ0n) is 12.7. The molecule has 0 aliphatic heterocycles. The van der Waals surface area contributed by atoms with Crippen molar-refractivity contribution in [3.63, 3.8) is 0 Å². The Balaban J connectivity index is 2.37. The second-order valence-electron chi connectivity index (χ2n) is 4.31. The molecule has 1 heterocycles. The number of guanidine groups is 1. The number of aryl methyl sites for hydroxylation is 1. The van der Waals surface area contributed by atoms with E-state index in [1.54, 1.807) is 0 Å². The zero-order chi connectivity index (χ0) is 14.6. The van der Waals surface area contributed by atoms with Crippen molar-refractivity contribution in [2.24, 2.45) is 4.99 Å². The molecule has 2 N–H and O–H groups in total. The van der Waals surface area contributed by atoms with Crippen molar-refractivity contribution in [1.82, 2.24) is 15.8 Å². The fraction of sp³-hybridized carbons (Fsp3) is 0.714. The third-order valence-corrected chi connectivity index (χ3v) is 2.67. The van der Waals surface area contributed by atoms with Crippen LogP contribution in [0.15, 0.2) is 15.6 Å². The van der Waals surface area contributed by atoms with Gasteiger partial charge in [0, 0.05) is 32.4 Å². The minimum Gasteiger partial charge on any atom is -0.382 e. The maximum Gasteiger partial charge on any atom is 0.191 e. The van der Waals surface area contributed by atoms with E-state index < -0.39 is 0 Å². The lowest BCUT2D eigenvalue weighted by atomic mass is 10.3. The minimum atomic E-state index is 0.494. The van der Waals surface area contributed by atoms with E-state index in [0.717, 1.165) is 56.6 Å². The summed E-state index contributed by atoms with van der Waals surface area (Å²) in [5.41, 5.74) is 0.963. The first-order valence-corrected chi connectivity index (χ1v) is 7.34. The average Bonchev–Trinajstić information content (AvgIpc) is 2.92. The molecule has 0 saturated carbocycles. The van der Waals surface area contributed by atoms with Gasteiger partial charge in [-0.25, -0.2) is 4.99 Å². The summed E-state index contributed by atoms with van der Waals surface area (Å²) >= 11 is 0. The number of nitrogens with one attached hydrogen (secondary N) is 2. The van der Waals surface area contributed by atoms with Gasteiger partial charge in [-0.15, -0.1) is 0 Å². The third kappa shape index (κ3) is 6.56. The standard InChI is InChI=1S/C14H26N4O2/c1-4-12-10-13(20-18-12)11-17-14(15-5-2)16-8-7-9-19-6-3/h10H,4-9,11H2,1-3H3,(H2,15,16,17). The Hall–Kier alpha value is -1.56. The third-order valence-electron chi connectivity index (χ3n) is 2.67. The quantitative estimate of drug-likeness (QED) is 0.410. The lowest BCUT2D eigenvalue weighted by molar-refractivity contribution is 0.145. The highest BCUT2D eigenvalue weighted by molar-refractivity contribution is 5.79. The van der Waals surface area contributed by atoms with Crippen molar-refractivity contribution >= 4 is 5.96 Å². The van der Waals surface area contributed by atoms with Gasteiger partial charge in [-0.2, -0.15) is 0 Å². The Morgan fingerprint density at radius 1 is 1.35 bits per heavy atom. The van der Waals surface area contributed by atoms with Gasteiger partial charge in [0.25, 0.3) is 0 Å². The van der Waals surface area contributed by atoms with Gasteiger partial charge in [0.1, 0.15) is 6.54 Å². The summed E-state index contributed by atoms with van der Waals surface area (Å²) in [7, 11) is 0. The lowest BCUT2D eigenvalue weighted by Gasteiger charge is -2.10. The van der Waals surface area contributed by atoms with E-state index in [0.29, 0.717) is 6.54 Å². The monoisotopic (exact) mass is 282 g/mol. The Kier molecular flexibility index (Phi) is 8.46. The van der Waals surface area contributed by atoms with Gasteiger partial charge in [0.2, 0.25) is 0 Å². The first-order chi connectivity index (χ1) is 9.80. The summed E-state index contributed by atoms with van der Waals surface area (Å²) in [4.78, 5) is 4.47. The molecule has 1 aromatic heterocycles. The molecule has 20 heavy (non-hydrogen) atoms. The molecule has 0 spiro atoms. The molecule has 0 atom stereocenters. The zero-order valence-corrected chi connectivity index (χ0v) is 12.7. The van der Waals surface area contributed by atoms with Crippen molar-refractivity contribution in [2.75, 3.05) is 26.3 Å². The van der Waals surface area contributed by atoms with E-state index in [2.05, 4.69) is 27.7 Å². The van der Waals surface area contributed by atoms with Crippen molar-refractivity contribution in [1.29, 1.82) is 0 Å². The first-order valence-electron chi connectivity index (χ1n) is 7.34. The normalized spacial score (nSPS) is 11.7. The van der Waals surface area contributed by atoms with Crippen LogP contribution in [0.3, 0.4) is 0 Å². The van der Waals surface area contributed by atoms with Gasteiger partial charge in [-0.1, -0.05) is 12.1 Å². The van der Waals surface area contributed by atoms with Crippen LogP contribution in [-0.2, 0) is 17.7 Å². The first kappa shape index (κ1) is 16.5. The number of hydrogen-bond donors (Lipinski definition) is 2. The summed E-state index contributed by atoms with van der Waals surface area (Å²) in [5, 5.41) is 10.4. The van der Waals surface area contributed by atoms with Crippen molar-refractivity contribution in [2.45, 2.75) is 40.2 Å². The average molecular weight is 282 g/mol. The molecule has 0 amide bonds. The molecule has 0 fully saturated rings. The Morgan fingerprint density at radius 3 is 2.85 bits per heavy atom. The van der Waals surface area contributed by atoms with E-state index in [1.807, 2.05) is 19.9 Å². The van der Waals surface area contributed by atoms with Crippen LogP contribution >= 0.6 is 0 Å². The molecular formula is C14H26N4O2. The van der Waals surface area contributed by atoms with Crippen LogP contribution in [0.4, 0.5) is 0 Å². The molecule has 1 aromatic rings. The molecule has 114 valence electrons. The van der Waals surface area contributed by atoms with Crippen LogP contribution in [0.5, 0.6) is 0 Å². The van der Waals surface area contributed by atoms with Gasteiger partial charge in [0.05, 0.1) is 5.69 Å². The molecule has 1 rings (SSSR count). The van der Waals surface area contributed by atoms with Crippen LogP contribution in [0.25, 0.3) is 0 Å². The molecule has 0 aromatic carbocycles. The fourth-order valence-corrected chi connectivity index (χ4v) is 1.62. The van der Waals surface area contributed by atoms with E-state index in [-0.39, 0.29) is 0 Å². The predicted octanol–water partition coefficient (Wildman–Crippen LogP) is 1.72. The van der Waals surface area contributed by atoms with E-state index >= 15 is 0 Å². The SMILES string of the molecule is CCNC(=NCc1cc(CC)no1)NCCCOCC. The van der Waals surface area contributed by atoms with E-state index in [9.17, 15) is 0 Å². The molecule has 0 aliphatic rings. The number of rotatable bonds is 9. The number of ether oxygens (including phenoxy) is 1. The number of hydrogen-bond acceptors (Lipinski definition) is 4. The second-order valence-corrected chi connectivity index (χ2v) is 4.31. The van der Waals surface area contributed by atoms with Crippen molar-refractivity contribution in [3.05, 3.63) is 17.5 Å². The molecular weight excluding hydrogens is 256 g/mol. The number of aromatic nitrogens is 1. The van der Waals surface area contributed by atoms with Crippen LogP contribution in [0.2, 0.25) is 0 Å². The highest BCUT2D eigenvalue weighted by atomic mass is 16.5. The summed E-state index contributed by atoms with van der Waals surface area (Å²) in [5.74, 6) is 1.58. The smallest absolute Gasteiger partial charge is 0.191 e. The van der Waals surface area contributed by atoms with Gasteiger partial charge in [-0.3, -0.25) is 0 Å². The summed E-state index contributed by atoms with van der Waals surface area (Å²) in [6.07, 6.45) is 1.84. The van der Waals surface area contributed by atoms with Gasteiger partial charge >= 0.3 is 0 Å². The fourth-order valence-electron chi connectivity index (χ4n) is 1.62. The molecule has 0 aliphatic carbocycles. The van der Waals surface area contributed by atoms with Crippen molar-refractivity contribution < 1.29 is 9.26 Å². The molecule has 6 heteroatoms. The Bertz CT molecular complexity index is 390. The topological polar surface area (TPSA) is 71.7 Å². The van der Waals surface area contributed by atoms with E-state index in [4.69, 9.17) is 9.26 Å².